The minimum absolute atomic E-state index is 0.103. The molecule has 2 aliphatic carbocycles. The van der Waals surface area contributed by atoms with Gasteiger partial charge in [0, 0.05) is 12.0 Å². The van der Waals surface area contributed by atoms with Crippen molar-refractivity contribution in [1.82, 2.24) is 4.72 Å². The van der Waals surface area contributed by atoms with E-state index in [1.165, 1.54) is 0 Å². The molecular formula is C10H19N3O2S. The van der Waals surface area contributed by atoms with E-state index >= 15 is 0 Å². The van der Waals surface area contributed by atoms with Gasteiger partial charge in [-0.3, -0.25) is 5.41 Å². The lowest BCUT2D eigenvalue weighted by Crippen LogP contribution is -2.43. The molecule has 2 unspecified atom stereocenters. The van der Waals surface area contributed by atoms with Crippen molar-refractivity contribution in [2.24, 2.45) is 17.6 Å². The molecule has 4 N–H and O–H groups in total. The highest BCUT2D eigenvalue weighted by molar-refractivity contribution is 7.89. The van der Waals surface area contributed by atoms with Gasteiger partial charge in [0.1, 0.15) is 0 Å². The highest BCUT2D eigenvalue weighted by atomic mass is 32.2. The summed E-state index contributed by atoms with van der Waals surface area (Å²) in [5, 5.41) is 7.43. The molecule has 2 atom stereocenters. The summed E-state index contributed by atoms with van der Waals surface area (Å²) in [6.07, 6.45) is 4.63. The Morgan fingerprint density at radius 3 is 2.56 bits per heavy atom. The average Bonchev–Trinajstić information content (AvgIpc) is 2.80. The van der Waals surface area contributed by atoms with E-state index in [4.69, 9.17) is 11.1 Å². The zero-order chi connectivity index (χ0) is 11.8. The Kier molecular flexibility index (Phi) is 3.21. The number of sulfonamides is 1. The summed E-state index contributed by atoms with van der Waals surface area (Å²) < 4.78 is 26.3. The molecule has 2 fully saturated rings. The summed E-state index contributed by atoms with van der Waals surface area (Å²) in [5.74, 6) is 0.606. The highest BCUT2D eigenvalue weighted by Gasteiger charge is 2.35. The lowest BCUT2D eigenvalue weighted by Gasteiger charge is -2.19. The first-order valence-electron chi connectivity index (χ1n) is 5.82. The van der Waals surface area contributed by atoms with Gasteiger partial charge < -0.3 is 5.73 Å². The van der Waals surface area contributed by atoms with Gasteiger partial charge in [-0.1, -0.05) is 6.42 Å². The van der Waals surface area contributed by atoms with Gasteiger partial charge >= 0.3 is 0 Å². The van der Waals surface area contributed by atoms with E-state index in [0.29, 0.717) is 5.92 Å². The summed E-state index contributed by atoms with van der Waals surface area (Å²) in [5.41, 5.74) is 5.47. The number of rotatable bonds is 5. The summed E-state index contributed by atoms with van der Waals surface area (Å²) in [6.45, 7) is 0. The van der Waals surface area contributed by atoms with Crippen molar-refractivity contribution < 1.29 is 8.42 Å². The summed E-state index contributed by atoms with van der Waals surface area (Å²) in [6, 6.07) is -0.152. The number of hydrogen-bond donors (Lipinski definition) is 3. The van der Waals surface area contributed by atoms with Crippen LogP contribution in [0.2, 0.25) is 0 Å². The van der Waals surface area contributed by atoms with Crippen LogP contribution in [0.4, 0.5) is 0 Å². The van der Waals surface area contributed by atoms with Crippen molar-refractivity contribution in [1.29, 1.82) is 5.41 Å². The Balaban J connectivity index is 1.94. The van der Waals surface area contributed by atoms with Crippen LogP contribution in [0.3, 0.4) is 0 Å². The van der Waals surface area contributed by atoms with Gasteiger partial charge in [-0.05, 0) is 31.6 Å². The molecule has 5 nitrogen and oxygen atoms in total. The fraction of sp³-hybridized carbons (Fsp3) is 0.900. The molecule has 0 saturated heterocycles. The molecule has 2 aliphatic rings. The third-order valence-corrected chi connectivity index (χ3v) is 4.97. The second kappa shape index (κ2) is 4.33. The van der Waals surface area contributed by atoms with Crippen molar-refractivity contribution in [3.63, 3.8) is 0 Å². The third-order valence-electron chi connectivity index (χ3n) is 3.40. The van der Waals surface area contributed by atoms with Crippen molar-refractivity contribution >= 4 is 15.9 Å². The van der Waals surface area contributed by atoms with Crippen LogP contribution in [-0.2, 0) is 10.0 Å². The highest BCUT2D eigenvalue weighted by Crippen LogP contribution is 2.31. The molecule has 0 bridgehead atoms. The van der Waals surface area contributed by atoms with E-state index in [2.05, 4.69) is 4.72 Å². The Hall–Kier alpha value is -0.620. The molecule has 2 rings (SSSR count). The normalized spacial score (nSPS) is 30.5. The van der Waals surface area contributed by atoms with Crippen LogP contribution in [0.5, 0.6) is 0 Å². The minimum atomic E-state index is -3.17. The van der Waals surface area contributed by atoms with Crippen molar-refractivity contribution in [2.75, 3.05) is 5.75 Å². The number of amidine groups is 1. The SMILES string of the molecule is N=C(N)C1CCCC1NS(=O)(=O)CC1CC1. The van der Waals surface area contributed by atoms with Gasteiger partial charge in [0.2, 0.25) is 10.0 Å². The maximum atomic E-state index is 11.8. The van der Waals surface area contributed by atoms with Crippen molar-refractivity contribution in [3.8, 4) is 0 Å². The van der Waals surface area contributed by atoms with Crippen molar-refractivity contribution in [3.05, 3.63) is 0 Å². The molecule has 0 aromatic carbocycles. The van der Waals surface area contributed by atoms with Gasteiger partial charge in [0.05, 0.1) is 11.6 Å². The maximum absolute atomic E-state index is 11.8. The number of nitrogens with two attached hydrogens (primary N) is 1. The molecule has 0 aliphatic heterocycles. The Labute approximate surface area is 96.3 Å². The Morgan fingerprint density at radius 1 is 1.31 bits per heavy atom. The molecule has 2 saturated carbocycles. The van der Waals surface area contributed by atoms with Gasteiger partial charge in [0.15, 0.2) is 0 Å². The first kappa shape index (κ1) is 11.9. The van der Waals surface area contributed by atoms with Gasteiger partial charge in [0.25, 0.3) is 0 Å². The topological polar surface area (TPSA) is 96.0 Å². The second-order valence-corrected chi connectivity index (χ2v) is 6.74. The summed E-state index contributed by atoms with van der Waals surface area (Å²) in [4.78, 5) is 0. The molecule has 0 amide bonds. The quantitative estimate of drug-likeness (QED) is 0.484. The molecule has 0 aromatic heterocycles. The molecule has 0 heterocycles. The summed E-state index contributed by atoms with van der Waals surface area (Å²) in [7, 11) is -3.17. The van der Waals surface area contributed by atoms with Crippen LogP contribution in [0.25, 0.3) is 0 Å². The van der Waals surface area contributed by atoms with Gasteiger partial charge in [-0.25, -0.2) is 13.1 Å². The smallest absolute Gasteiger partial charge is 0.212 e. The fourth-order valence-corrected chi connectivity index (χ4v) is 4.14. The predicted molar refractivity (Wildman–Crippen MR) is 62.7 cm³/mol. The molecule has 0 radical (unpaired) electrons. The van der Waals surface area contributed by atoms with E-state index in [-0.39, 0.29) is 23.5 Å². The molecule has 16 heavy (non-hydrogen) atoms. The largest absolute Gasteiger partial charge is 0.387 e. The molecular weight excluding hydrogens is 226 g/mol. The van der Waals surface area contributed by atoms with Crippen LogP contribution in [0.1, 0.15) is 32.1 Å². The third kappa shape index (κ3) is 2.95. The van der Waals surface area contributed by atoms with E-state index in [0.717, 1.165) is 32.1 Å². The van der Waals surface area contributed by atoms with Crippen LogP contribution < -0.4 is 10.5 Å². The van der Waals surface area contributed by atoms with Gasteiger partial charge in [-0.15, -0.1) is 0 Å². The van der Waals surface area contributed by atoms with Crippen LogP contribution in [0.15, 0.2) is 0 Å². The van der Waals surface area contributed by atoms with E-state index in [1.54, 1.807) is 0 Å². The van der Waals surface area contributed by atoms with E-state index in [1.807, 2.05) is 0 Å². The van der Waals surface area contributed by atoms with Gasteiger partial charge in [-0.2, -0.15) is 0 Å². The van der Waals surface area contributed by atoms with Crippen LogP contribution in [-0.4, -0.2) is 26.0 Å². The molecule has 92 valence electrons. The first-order chi connectivity index (χ1) is 7.48. The fourth-order valence-electron chi connectivity index (χ4n) is 2.35. The lowest BCUT2D eigenvalue weighted by molar-refractivity contribution is 0.519. The first-order valence-corrected chi connectivity index (χ1v) is 7.47. The second-order valence-electron chi connectivity index (χ2n) is 4.94. The Morgan fingerprint density at radius 2 is 2.00 bits per heavy atom. The standard InChI is InChI=1S/C10H19N3O2S/c11-10(12)8-2-1-3-9(8)13-16(14,15)6-7-4-5-7/h7-9,13H,1-6H2,(H3,11,12). The zero-order valence-electron chi connectivity index (χ0n) is 9.28. The monoisotopic (exact) mass is 245 g/mol. The zero-order valence-corrected chi connectivity index (χ0v) is 10.1. The van der Waals surface area contributed by atoms with E-state index < -0.39 is 10.0 Å². The lowest BCUT2D eigenvalue weighted by atomic mass is 10.0. The number of hydrogen-bond acceptors (Lipinski definition) is 3. The Bertz CT molecular complexity index is 376. The maximum Gasteiger partial charge on any atom is 0.212 e. The molecule has 0 spiro atoms. The van der Waals surface area contributed by atoms with Crippen molar-refractivity contribution in [2.45, 2.75) is 38.1 Å². The minimum Gasteiger partial charge on any atom is -0.387 e. The predicted octanol–water partition coefficient (Wildman–Crippen LogP) is 0.420. The number of nitrogens with one attached hydrogen (secondary N) is 2. The van der Waals surface area contributed by atoms with E-state index in [9.17, 15) is 8.42 Å². The summed E-state index contributed by atoms with van der Waals surface area (Å²) >= 11 is 0. The molecule has 6 heteroatoms. The van der Waals surface area contributed by atoms with Crippen LogP contribution >= 0.6 is 0 Å². The molecule has 0 aromatic rings. The average molecular weight is 245 g/mol. The van der Waals surface area contributed by atoms with Crippen LogP contribution in [0, 0.1) is 17.2 Å².